The topological polar surface area (TPSA) is 92.2 Å². The third-order valence-electron chi connectivity index (χ3n) is 5.02. The van der Waals surface area contributed by atoms with Crippen molar-refractivity contribution in [3.8, 4) is 0 Å². The van der Waals surface area contributed by atoms with Crippen LogP contribution in [0.4, 0.5) is 5.69 Å². The van der Waals surface area contributed by atoms with E-state index in [1.165, 1.54) is 4.90 Å². The van der Waals surface area contributed by atoms with Gasteiger partial charge in [0.05, 0.1) is 18.8 Å². The van der Waals surface area contributed by atoms with Crippen molar-refractivity contribution in [3.05, 3.63) is 41.2 Å². The summed E-state index contributed by atoms with van der Waals surface area (Å²) >= 11 is 0. The number of anilines is 1. The summed E-state index contributed by atoms with van der Waals surface area (Å²) in [7, 11) is 1.59. The van der Waals surface area contributed by atoms with Gasteiger partial charge in [0, 0.05) is 12.7 Å². The summed E-state index contributed by atoms with van der Waals surface area (Å²) in [6.07, 6.45) is 3.60. The number of aromatic nitrogens is 3. The van der Waals surface area contributed by atoms with Gasteiger partial charge in [-0.05, 0) is 57.0 Å². The van der Waals surface area contributed by atoms with Gasteiger partial charge < -0.3 is 15.5 Å². The Morgan fingerprint density at radius 3 is 2.71 bits per heavy atom. The molecule has 2 N–H and O–H groups in total. The number of hydrogen-bond acceptors (Lipinski definition) is 5. The second kappa shape index (κ2) is 9.66. The molecule has 28 heavy (non-hydrogen) atoms. The molecule has 9 heteroatoms. The molecule has 2 aromatic rings. The Morgan fingerprint density at radius 2 is 2.00 bits per heavy atom. The first-order valence-electron chi connectivity index (χ1n) is 9.20. The number of nitrogens with zero attached hydrogens (tertiary/aromatic N) is 4. The summed E-state index contributed by atoms with van der Waals surface area (Å²) in [5.41, 5.74) is 3.14. The molecule has 8 nitrogen and oxygen atoms in total. The van der Waals surface area contributed by atoms with Gasteiger partial charge in [0.15, 0.2) is 5.69 Å². The lowest BCUT2D eigenvalue weighted by molar-refractivity contribution is -0.116. The smallest absolute Gasteiger partial charge is 0.276 e. The second-order valence-electron chi connectivity index (χ2n) is 7.02. The molecule has 0 saturated carbocycles. The number of nitrogens with one attached hydrogen (secondary N) is 2. The number of benzene rings is 1. The van der Waals surface area contributed by atoms with Gasteiger partial charge in [-0.1, -0.05) is 17.3 Å². The lowest BCUT2D eigenvalue weighted by Crippen LogP contribution is -2.35. The molecule has 1 aromatic carbocycles. The zero-order valence-electron chi connectivity index (χ0n) is 16.4. The van der Waals surface area contributed by atoms with Crippen LogP contribution in [0.25, 0.3) is 0 Å². The number of hydrogen-bond donors (Lipinski definition) is 2. The number of carbonyl (C=O) groups is 2. The van der Waals surface area contributed by atoms with Crippen molar-refractivity contribution >= 4 is 29.9 Å². The highest BCUT2D eigenvalue weighted by Crippen LogP contribution is 2.19. The van der Waals surface area contributed by atoms with Gasteiger partial charge in [0.25, 0.3) is 5.91 Å². The van der Waals surface area contributed by atoms with Crippen LogP contribution in [0.15, 0.2) is 24.4 Å². The van der Waals surface area contributed by atoms with Crippen LogP contribution in [-0.4, -0.2) is 58.4 Å². The summed E-state index contributed by atoms with van der Waals surface area (Å²) in [5.74, 6) is -0.559. The van der Waals surface area contributed by atoms with Gasteiger partial charge in [-0.15, -0.1) is 17.5 Å². The quantitative estimate of drug-likeness (QED) is 0.791. The molecule has 2 amide bonds. The summed E-state index contributed by atoms with van der Waals surface area (Å²) in [5, 5.41) is 14.3. The van der Waals surface area contributed by atoms with Crippen molar-refractivity contribution in [2.75, 3.05) is 32.0 Å². The predicted octanol–water partition coefficient (Wildman–Crippen LogP) is 1.95. The molecule has 0 aliphatic carbocycles. The first kappa shape index (κ1) is 21.8. The molecule has 1 fully saturated rings. The Morgan fingerprint density at radius 1 is 1.29 bits per heavy atom. The maximum absolute atomic E-state index is 12.6. The molecule has 2 heterocycles. The fourth-order valence-corrected chi connectivity index (χ4v) is 3.18. The lowest BCUT2D eigenvalue weighted by atomic mass is 10.1. The van der Waals surface area contributed by atoms with E-state index in [9.17, 15) is 9.59 Å². The molecular formula is C19H27ClN6O2. The van der Waals surface area contributed by atoms with E-state index in [0.29, 0.717) is 0 Å². The van der Waals surface area contributed by atoms with Crippen molar-refractivity contribution in [1.82, 2.24) is 25.2 Å². The third-order valence-corrected chi connectivity index (χ3v) is 5.02. The zero-order chi connectivity index (χ0) is 19.4. The second-order valence-corrected chi connectivity index (χ2v) is 7.02. The van der Waals surface area contributed by atoms with Crippen molar-refractivity contribution in [2.24, 2.45) is 0 Å². The molecule has 152 valence electrons. The van der Waals surface area contributed by atoms with Gasteiger partial charge in [-0.2, -0.15) is 0 Å². The van der Waals surface area contributed by atoms with Gasteiger partial charge in [-0.25, -0.2) is 4.68 Å². The van der Waals surface area contributed by atoms with Crippen molar-refractivity contribution < 1.29 is 9.59 Å². The largest absolute Gasteiger partial charge is 0.331 e. The third kappa shape index (κ3) is 5.08. The SMILES string of the molecule is Cc1cccc(NC(=O)CN(C)C(=O)c2cn(C3CCNCC3)nn2)c1C.Cl. The number of likely N-dealkylation sites (N-methyl/N-ethyl adjacent to an activating group) is 1. The molecule has 0 atom stereocenters. The highest BCUT2D eigenvalue weighted by molar-refractivity contribution is 5.98. The number of piperidine rings is 1. The van der Waals surface area contributed by atoms with Gasteiger partial charge in [0.1, 0.15) is 0 Å². The van der Waals surface area contributed by atoms with E-state index in [-0.39, 0.29) is 42.5 Å². The highest BCUT2D eigenvalue weighted by atomic mass is 35.5. The van der Waals surface area contributed by atoms with E-state index >= 15 is 0 Å². The molecule has 0 spiro atoms. The Labute approximate surface area is 171 Å². The zero-order valence-corrected chi connectivity index (χ0v) is 17.3. The van der Waals surface area contributed by atoms with E-state index in [1.54, 1.807) is 17.9 Å². The Kier molecular flexibility index (Phi) is 7.53. The van der Waals surface area contributed by atoms with E-state index in [0.717, 1.165) is 42.7 Å². The average Bonchev–Trinajstić information content (AvgIpc) is 3.15. The monoisotopic (exact) mass is 406 g/mol. The minimum absolute atomic E-state index is 0. The Hall–Kier alpha value is -2.45. The van der Waals surface area contributed by atoms with Crippen LogP contribution in [-0.2, 0) is 4.79 Å². The first-order valence-corrected chi connectivity index (χ1v) is 9.20. The normalized spacial score (nSPS) is 14.2. The minimum atomic E-state index is -0.314. The van der Waals surface area contributed by atoms with Crippen molar-refractivity contribution in [3.63, 3.8) is 0 Å². The maximum atomic E-state index is 12.6. The summed E-state index contributed by atoms with van der Waals surface area (Å²) in [4.78, 5) is 26.2. The van der Waals surface area contributed by atoms with Crippen LogP contribution in [0.1, 0.15) is 40.5 Å². The summed E-state index contributed by atoms with van der Waals surface area (Å²) in [6, 6.07) is 6.00. The number of aryl methyl sites for hydroxylation is 1. The van der Waals surface area contributed by atoms with Crippen molar-refractivity contribution in [1.29, 1.82) is 0 Å². The molecule has 1 aromatic heterocycles. The van der Waals surface area contributed by atoms with E-state index < -0.39 is 0 Å². The number of carbonyl (C=O) groups excluding carboxylic acids is 2. The molecule has 0 radical (unpaired) electrons. The molecule has 1 aliphatic rings. The fraction of sp³-hybridized carbons (Fsp3) is 0.474. The molecule has 1 saturated heterocycles. The molecule has 3 rings (SSSR count). The van der Waals surface area contributed by atoms with E-state index in [4.69, 9.17) is 0 Å². The lowest BCUT2D eigenvalue weighted by Gasteiger charge is -2.22. The first-order chi connectivity index (χ1) is 13.0. The number of rotatable bonds is 5. The van der Waals surface area contributed by atoms with Crippen LogP contribution < -0.4 is 10.6 Å². The van der Waals surface area contributed by atoms with Crippen LogP contribution >= 0.6 is 12.4 Å². The van der Waals surface area contributed by atoms with Gasteiger partial charge in [0.2, 0.25) is 5.91 Å². The fourth-order valence-electron chi connectivity index (χ4n) is 3.18. The van der Waals surface area contributed by atoms with Crippen molar-refractivity contribution in [2.45, 2.75) is 32.7 Å². The van der Waals surface area contributed by atoms with Gasteiger partial charge in [-0.3, -0.25) is 9.59 Å². The molecule has 0 bridgehead atoms. The Balaban J connectivity index is 0.00000280. The van der Waals surface area contributed by atoms with Crippen LogP contribution in [0.2, 0.25) is 0 Å². The van der Waals surface area contributed by atoms with Crippen LogP contribution in [0, 0.1) is 13.8 Å². The molecular weight excluding hydrogens is 380 g/mol. The summed E-state index contributed by atoms with van der Waals surface area (Å²) in [6.45, 7) is 5.77. The van der Waals surface area contributed by atoms with E-state index in [2.05, 4.69) is 20.9 Å². The molecule has 1 aliphatic heterocycles. The van der Waals surface area contributed by atoms with Gasteiger partial charge >= 0.3 is 0 Å². The summed E-state index contributed by atoms with van der Waals surface area (Å²) < 4.78 is 1.76. The highest BCUT2D eigenvalue weighted by Gasteiger charge is 2.22. The number of amides is 2. The van der Waals surface area contributed by atoms with E-state index in [1.807, 2.05) is 32.0 Å². The van der Waals surface area contributed by atoms with Crippen LogP contribution in [0.5, 0.6) is 0 Å². The maximum Gasteiger partial charge on any atom is 0.276 e. The predicted molar refractivity (Wildman–Crippen MR) is 110 cm³/mol. The van der Waals surface area contributed by atoms with Crippen LogP contribution in [0.3, 0.4) is 0 Å². The molecule has 0 unspecified atom stereocenters. The minimum Gasteiger partial charge on any atom is -0.331 e. The Bertz CT molecular complexity index is 832. The number of halogens is 1. The average molecular weight is 407 g/mol. The standard InChI is InChI=1S/C19H26N6O2.ClH/c1-13-5-4-6-16(14(13)2)21-18(26)12-24(3)19(27)17-11-25(23-22-17)15-7-9-20-10-8-15;/h4-6,11,15,20H,7-10,12H2,1-3H3,(H,21,26);1H.